The summed E-state index contributed by atoms with van der Waals surface area (Å²) >= 11 is 0. The maximum absolute atomic E-state index is 14.9. The third-order valence-electron chi connectivity index (χ3n) is 9.69. The minimum Gasteiger partial charge on any atom is -0.460 e. The molecule has 0 radical (unpaired) electrons. The predicted octanol–water partition coefficient (Wildman–Crippen LogP) is 3.02. The van der Waals surface area contributed by atoms with E-state index in [2.05, 4.69) is 41.1 Å². The lowest BCUT2D eigenvalue weighted by atomic mass is 9.89. The average molecular weight is 787 g/mol. The Morgan fingerprint density at radius 3 is 2.81 bits per heavy atom. The van der Waals surface area contributed by atoms with Gasteiger partial charge in [0.1, 0.15) is 35.8 Å². The van der Waals surface area contributed by atoms with Crippen LogP contribution in [0.1, 0.15) is 62.8 Å². The summed E-state index contributed by atoms with van der Waals surface area (Å²) in [5.74, 6) is -3.02. The van der Waals surface area contributed by atoms with E-state index in [4.69, 9.17) is 9.15 Å². The van der Waals surface area contributed by atoms with Crippen LogP contribution >= 0.6 is 0 Å². The lowest BCUT2D eigenvalue weighted by molar-refractivity contribution is -0.159. The molecule has 0 aromatic carbocycles. The first-order chi connectivity index (χ1) is 27.4. The van der Waals surface area contributed by atoms with Crippen LogP contribution in [0, 0.1) is 11.8 Å². The third kappa shape index (κ3) is 10.8. The Morgan fingerprint density at radius 1 is 1.14 bits per heavy atom. The molecule has 5 atom stereocenters. The van der Waals surface area contributed by atoms with Gasteiger partial charge < -0.3 is 29.8 Å². The number of carbonyl (C=O) groups is 4. The summed E-state index contributed by atoms with van der Waals surface area (Å²) in [6, 6.07) is 2.73. The van der Waals surface area contributed by atoms with E-state index < -0.39 is 48.1 Å². The zero-order chi connectivity index (χ0) is 40.5. The Labute approximate surface area is 327 Å². The molecule has 6 rings (SSSR count). The van der Waals surface area contributed by atoms with Gasteiger partial charge in [-0.25, -0.2) is 19.2 Å². The number of ether oxygens (including phenoxy) is 1. The number of pyridine rings is 1. The molecule has 18 heteroatoms. The Kier molecular flexibility index (Phi) is 13.3. The van der Waals surface area contributed by atoms with E-state index >= 15 is 0 Å². The van der Waals surface area contributed by atoms with E-state index in [-0.39, 0.29) is 62.3 Å². The van der Waals surface area contributed by atoms with Crippen molar-refractivity contribution in [2.24, 2.45) is 11.8 Å². The quantitative estimate of drug-likeness (QED) is 0.199. The van der Waals surface area contributed by atoms with Crippen molar-refractivity contribution >= 4 is 34.7 Å². The van der Waals surface area contributed by atoms with Gasteiger partial charge in [-0.05, 0) is 43.9 Å². The smallest absolute Gasteiger partial charge is 0.329 e. The van der Waals surface area contributed by atoms with E-state index in [0.717, 1.165) is 11.8 Å². The van der Waals surface area contributed by atoms with Crippen LogP contribution in [0.4, 0.5) is 4.39 Å². The molecule has 3 amide bonds. The number of nitrogens with zero attached hydrogens (tertiary/aromatic N) is 7. The monoisotopic (exact) mass is 786 g/mol. The van der Waals surface area contributed by atoms with Crippen LogP contribution in [0.15, 0.2) is 71.2 Å². The van der Waals surface area contributed by atoms with Crippen molar-refractivity contribution in [1.82, 2.24) is 50.7 Å². The van der Waals surface area contributed by atoms with E-state index in [9.17, 15) is 28.7 Å². The van der Waals surface area contributed by atoms with E-state index in [1.807, 2.05) is 26.0 Å². The summed E-state index contributed by atoms with van der Waals surface area (Å²) in [6.07, 6.45) is 9.04. The van der Waals surface area contributed by atoms with Crippen LogP contribution in [0.3, 0.4) is 0 Å². The molecule has 4 aromatic rings. The number of amides is 3. The number of cyclic esters (lactones) is 1. The van der Waals surface area contributed by atoms with Gasteiger partial charge in [-0.3, -0.25) is 24.2 Å². The summed E-state index contributed by atoms with van der Waals surface area (Å²) < 4.78 is 28.0. The van der Waals surface area contributed by atoms with E-state index in [0.29, 0.717) is 41.9 Å². The molecule has 302 valence electrons. The molecule has 57 heavy (non-hydrogen) atoms. The highest BCUT2D eigenvalue weighted by Crippen LogP contribution is 2.27. The van der Waals surface area contributed by atoms with Gasteiger partial charge in [0.2, 0.25) is 11.8 Å². The maximum Gasteiger partial charge on any atom is 0.329 e. The summed E-state index contributed by atoms with van der Waals surface area (Å²) in [4.78, 5) is 63.7. The fourth-order valence-electron chi connectivity index (χ4n) is 6.86. The van der Waals surface area contributed by atoms with Gasteiger partial charge in [-0.2, -0.15) is 5.10 Å². The topological polar surface area (TPSA) is 223 Å². The molecule has 0 spiro atoms. The van der Waals surface area contributed by atoms with Crippen LogP contribution in [0.2, 0.25) is 0 Å². The van der Waals surface area contributed by atoms with Gasteiger partial charge in [0.15, 0.2) is 11.6 Å². The van der Waals surface area contributed by atoms with E-state index in [1.165, 1.54) is 17.1 Å². The van der Waals surface area contributed by atoms with Gasteiger partial charge in [0.25, 0.3) is 5.91 Å². The highest BCUT2D eigenvalue weighted by Gasteiger charge is 2.39. The molecule has 4 N–H and O–H groups in total. The van der Waals surface area contributed by atoms with Crippen molar-refractivity contribution in [2.75, 3.05) is 19.6 Å². The van der Waals surface area contributed by atoms with Gasteiger partial charge in [0.05, 0.1) is 42.7 Å². The number of aliphatic hydroxyl groups excluding tert-OH is 1. The minimum atomic E-state index is -1.51. The molecular weight excluding hydrogens is 739 g/mol. The number of hydrogen-bond acceptors (Lipinski definition) is 12. The average Bonchev–Trinajstić information content (AvgIpc) is 4.01. The predicted molar refractivity (Wildman–Crippen MR) is 204 cm³/mol. The molecule has 2 bridgehead atoms. The molecule has 4 aromatic heterocycles. The number of H-pyrrole nitrogens is 1. The Bertz CT molecular complexity index is 2140. The maximum atomic E-state index is 14.9. The van der Waals surface area contributed by atoms with Crippen LogP contribution in [-0.4, -0.2) is 113 Å². The summed E-state index contributed by atoms with van der Waals surface area (Å²) in [7, 11) is 0. The Balaban J connectivity index is 1.16. The second kappa shape index (κ2) is 18.7. The normalized spacial score (nSPS) is 23.5. The fraction of sp³-hybridized carbons (Fsp3) is 0.462. The summed E-state index contributed by atoms with van der Waals surface area (Å²) in [5, 5.41) is 31.3. The van der Waals surface area contributed by atoms with Crippen molar-refractivity contribution in [3.05, 3.63) is 78.3 Å². The fourth-order valence-corrected chi connectivity index (χ4v) is 6.86. The molecule has 1 saturated heterocycles. The largest absolute Gasteiger partial charge is 0.460 e. The second-order valence-corrected chi connectivity index (χ2v) is 14.5. The number of oxazole rings is 1. The number of alkyl halides is 1. The molecule has 2 aliphatic rings. The number of fused-ring (bicyclic) bond motifs is 4. The number of carbonyl (C=O) groups excluding carboxylic acids is 4. The summed E-state index contributed by atoms with van der Waals surface area (Å²) in [5.41, 5.74) is 3.26. The molecule has 5 unspecified atom stereocenters. The van der Waals surface area contributed by atoms with Crippen molar-refractivity contribution in [3.8, 4) is 11.4 Å². The van der Waals surface area contributed by atoms with Crippen molar-refractivity contribution < 1.29 is 37.8 Å². The highest BCUT2D eigenvalue weighted by molar-refractivity contribution is 5.95. The summed E-state index contributed by atoms with van der Waals surface area (Å²) in [6.45, 7) is 6.36. The lowest BCUT2D eigenvalue weighted by Crippen LogP contribution is -2.44. The number of nitrogens with one attached hydrogen (secondary N) is 3. The van der Waals surface area contributed by atoms with Crippen LogP contribution in [0.25, 0.3) is 22.4 Å². The van der Waals surface area contributed by atoms with Crippen molar-refractivity contribution in [2.45, 2.75) is 83.8 Å². The number of hydrogen-bond donors (Lipinski definition) is 4. The number of aliphatic hydroxyl groups is 1. The van der Waals surface area contributed by atoms with Gasteiger partial charge >= 0.3 is 5.97 Å². The number of rotatable bonds is 7. The molecule has 0 aliphatic carbocycles. The minimum absolute atomic E-state index is 0.00852. The first kappa shape index (κ1) is 40.6. The standard InChI is InChI=1S/C39H47FN10O7/c1-23(2)37-25(17-35(53)42-13-15-49-21-31(47-48-49)28-9-10-29-30(44-28)20-43-46-29)8-11-34(52)41-12-4-6-24(3)16-27(51)18-26(40)19-36-45-32(22-56-36)38(54)50-14-5-7-33(50)39(55)57-37/h4,6,8-11,16,20-23,25-27,33,37,51H,5,7,12-15,17-19H2,1-3H3,(H,41,52)(H,42,53)(H,43,46)/b6-4?,11-8+,24-16?. The zero-order valence-corrected chi connectivity index (χ0v) is 32.0. The van der Waals surface area contributed by atoms with Crippen LogP contribution < -0.4 is 10.6 Å². The first-order valence-electron chi connectivity index (χ1n) is 19.0. The Morgan fingerprint density at radius 2 is 1.98 bits per heavy atom. The van der Waals surface area contributed by atoms with Crippen molar-refractivity contribution in [1.29, 1.82) is 0 Å². The lowest BCUT2D eigenvalue weighted by Gasteiger charge is -2.30. The third-order valence-corrected chi connectivity index (χ3v) is 9.69. The first-order valence-corrected chi connectivity index (χ1v) is 19.0. The van der Waals surface area contributed by atoms with Crippen molar-refractivity contribution in [3.63, 3.8) is 0 Å². The van der Waals surface area contributed by atoms with Gasteiger partial charge in [-0.1, -0.05) is 48.9 Å². The van der Waals surface area contributed by atoms with Gasteiger partial charge in [-0.15, -0.1) is 5.10 Å². The number of allylic oxidation sites excluding steroid dienone is 2. The zero-order valence-electron chi connectivity index (χ0n) is 32.0. The second-order valence-electron chi connectivity index (χ2n) is 14.5. The Hall–Kier alpha value is -6.04. The molecule has 1 fully saturated rings. The molecule has 0 saturated carbocycles. The SMILES string of the molecule is CC1=CC(O)CC(F)Cc2nc(co2)C(=O)N2CCCC2C(=O)OC(C(C)C)C(CC(=O)NCCn2cc(-c3ccc4[nH]ncc4n3)nn2)/C=C/C(=O)NCC=C1. The van der Waals surface area contributed by atoms with Crippen LogP contribution in [-0.2, 0) is 32.1 Å². The molecule has 17 nitrogen and oxygen atoms in total. The molecular formula is C39H47FN10O7. The molecule has 2 aliphatic heterocycles. The highest BCUT2D eigenvalue weighted by atomic mass is 19.1. The number of esters is 1. The molecule has 6 heterocycles. The number of halogens is 1. The van der Waals surface area contributed by atoms with Gasteiger partial charge in [0, 0.05) is 38.4 Å². The number of aromatic nitrogens is 7. The number of aromatic amines is 1. The van der Waals surface area contributed by atoms with E-state index in [1.54, 1.807) is 42.2 Å². The van der Waals surface area contributed by atoms with Crippen LogP contribution in [0.5, 0.6) is 0 Å².